The number of esters is 1. The third-order valence-electron chi connectivity index (χ3n) is 3.56. The molecule has 0 saturated carbocycles. The Morgan fingerprint density at radius 1 is 0.962 bits per heavy atom. The van der Waals surface area contributed by atoms with Crippen molar-refractivity contribution in [2.45, 2.75) is 25.8 Å². The van der Waals surface area contributed by atoms with E-state index < -0.39 is 23.9 Å². The lowest BCUT2D eigenvalue weighted by atomic mass is 10.0. The Labute approximate surface area is 152 Å². The van der Waals surface area contributed by atoms with Crippen LogP contribution in [0.3, 0.4) is 0 Å². The summed E-state index contributed by atoms with van der Waals surface area (Å²) in [4.78, 5) is 36.5. The van der Waals surface area contributed by atoms with Crippen molar-refractivity contribution < 1.29 is 23.9 Å². The lowest BCUT2D eigenvalue weighted by Gasteiger charge is -2.16. The zero-order valence-corrected chi connectivity index (χ0v) is 14.5. The number of carbonyl (C=O) groups excluding carboxylic acids is 3. The molecular formula is C20H21NO5. The number of benzene rings is 2. The highest BCUT2D eigenvalue weighted by atomic mass is 16.6. The zero-order valence-electron chi connectivity index (χ0n) is 14.5. The van der Waals surface area contributed by atoms with E-state index in [1.165, 1.54) is 0 Å². The number of aryl methyl sites for hydroxylation is 1. The maximum Gasteiger partial charge on any atom is 0.413 e. The van der Waals surface area contributed by atoms with E-state index in [2.05, 4.69) is 5.32 Å². The summed E-state index contributed by atoms with van der Waals surface area (Å²) >= 11 is 0. The third kappa shape index (κ3) is 6.05. The summed E-state index contributed by atoms with van der Waals surface area (Å²) in [6.07, 6.45) is -0.327. The molecule has 1 unspecified atom stereocenters. The number of hydrogen-bond donors (Lipinski definition) is 1. The maximum atomic E-state index is 12.4. The largest absolute Gasteiger partial charge is 0.464 e. The summed E-state index contributed by atoms with van der Waals surface area (Å²) in [7, 11) is 0. The van der Waals surface area contributed by atoms with Crippen LogP contribution in [0.15, 0.2) is 60.7 Å². The van der Waals surface area contributed by atoms with Gasteiger partial charge >= 0.3 is 12.1 Å². The molecule has 0 saturated heterocycles. The Morgan fingerprint density at radius 2 is 1.58 bits per heavy atom. The van der Waals surface area contributed by atoms with Crippen LogP contribution in [0.1, 0.15) is 18.9 Å². The molecule has 0 aromatic heterocycles. The number of Topliss-reactive ketones (excluding diaryl/α,β-unsaturated/α-hetero) is 1. The topological polar surface area (TPSA) is 81.7 Å². The van der Waals surface area contributed by atoms with Gasteiger partial charge in [-0.05, 0) is 31.0 Å². The Hall–Kier alpha value is -3.15. The van der Waals surface area contributed by atoms with Gasteiger partial charge in [0.05, 0.1) is 6.61 Å². The van der Waals surface area contributed by atoms with Crippen LogP contribution in [-0.4, -0.2) is 30.5 Å². The molecule has 1 amide bonds. The summed E-state index contributed by atoms with van der Waals surface area (Å²) in [5, 5.41) is 2.30. The summed E-state index contributed by atoms with van der Waals surface area (Å²) in [6.45, 7) is 1.74. The average Bonchev–Trinajstić information content (AvgIpc) is 2.66. The van der Waals surface area contributed by atoms with Crippen LogP contribution >= 0.6 is 0 Å². The van der Waals surface area contributed by atoms with Crippen molar-refractivity contribution in [3.63, 3.8) is 0 Å². The molecule has 2 aromatic carbocycles. The smallest absolute Gasteiger partial charge is 0.413 e. The molecule has 0 aliphatic rings. The minimum Gasteiger partial charge on any atom is -0.464 e. The number of ketones is 1. The fourth-order valence-electron chi connectivity index (χ4n) is 2.30. The van der Waals surface area contributed by atoms with Crippen molar-refractivity contribution >= 4 is 17.8 Å². The highest BCUT2D eigenvalue weighted by Gasteiger charge is 2.30. The van der Waals surface area contributed by atoms with E-state index in [0.29, 0.717) is 12.2 Å². The van der Waals surface area contributed by atoms with Crippen molar-refractivity contribution in [1.82, 2.24) is 5.32 Å². The summed E-state index contributed by atoms with van der Waals surface area (Å²) in [5.74, 6) is -0.919. The molecule has 6 nitrogen and oxygen atoms in total. The van der Waals surface area contributed by atoms with Crippen LogP contribution in [0, 0.1) is 0 Å². The number of rotatable bonds is 8. The van der Waals surface area contributed by atoms with Gasteiger partial charge in [0.25, 0.3) is 0 Å². The summed E-state index contributed by atoms with van der Waals surface area (Å²) in [6, 6.07) is 16.4. The van der Waals surface area contributed by atoms with Crippen molar-refractivity contribution in [3.05, 3.63) is 66.2 Å². The number of para-hydroxylation sites is 1. The van der Waals surface area contributed by atoms with E-state index >= 15 is 0 Å². The first-order valence-corrected chi connectivity index (χ1v) is 8.37. The van der Waals surface area contributed by atoms with Crippen LogP contribution in [0.5, 0.6) is 5.75 Å². The number of amides is 1. The Bertz CT molecular complexity index is 730. The minimum absolute atomic E-state index is 0.0963. The van der Waals surface area contributed by atoms with Gasteiger partial charge in [0.1, 0.15) is 5.75 Å². The van der Waals surface area contributed by atoms with E-state index in [1.807, 2.05) is 30.3 Å². The number of nitrogens with one attached hydrogen (secondary N) is 1. The van der Waals surface area contributed by atoms with Gasteiger partial charge in [0.2, 0.25) is 0 Å². The molecule has 0 spiro atoms. The Kier molecular flexibility index (Phi) is 7.36. The monoisotopic (exact) mass is 355 g/mol. The van der Waals surface area contributed by atoms with Crippen molar-refractivity contribution in [3.8, 4) is 5.75 Å². The maximum absolute atomic E-state index is 12.4. The normalized spacial score (nSPS) is 11.3. The minimum atomic E-state index is -1.39. The quantitative estimate of drug-likeness (QED) is 0.582. The molecule has 0 bridgehead atoms. The van der Waals surface area contributed by atoms with Crippen LogP contribution in [0.25, 0.3) is 0 Å². The van der Waals surface area contributed by atoms with Gasteiger partial charge in [0.15, 0.2) is 11.8 Å². The van der Waals surface area contributed by atoms with Gasteiger partial charge in [-0.2, -0.15) is 0 Å². The second-order valence-electron chi connectivity index (χ2n) is 5.48. The summed E-state index contributed by atoms with van der Waals surface area (Å²) < 4.78 is 9.97. The van der Waals surface area contributed by atoms with Gasteiger partial charge in [-0.25, -0.2) is 9.59 Å². The van der Waals surface area contributed by atoms with Crippen LogP contribution in [-0.2, 0) is 20.7 Å². The van der Waals surface area contributed by atoms with Gasteiger partial charge in [-0.15, -0.1) is 0 Å². The standard InChI is InChI=1S/C20H21NO5/c1-2-25-19(23)18(17(22)14-13-15-9-5-3-6-10-15)21-20(24)26-16-11-7-4-8-12-16/h3-12,18H,2,13-14H2,1H3,(H,21,24). The number of hydrogen-bond acceptors (Lipinski definition) is 5. The van der Waals surface area contributed by atoms with Crippen LogP contribution < -0.4 is 10.1 Å². The molecular weight excluding hydrogens is 334 g/mol. The second kappa shape index (κ2) is 9.98. The Balaban J connectivity index is 1.98. The van der Waals surface area contributed by atoms with E-state index in [4.69, 9.17) is 9.47 Å². The molecule has 26 heavy (non-hydrogen) atoms. The van der Waals surface area contributed by atoms with Gasteiger partial charge in [-0.1, -0.05) is 48.5 Å². The highest BCUT2D eigenvalue weighted by Crippen LogP contribution is 2.09. The van der Waals surface area contributed by atoms with Crippen LogP contribution in [0.2, 0.25) is 0 Å². The molecule has 0 aliphatic carbocycles. The van der Waals surface area contributed by atoms with Gasteiger partial charge in [0, 0.05) is 6.42 Å². The van der Waals surface area contributed by atoms with Crippen molar-refractivity contribution in [1.29, 1.82) is 0 Å². The van der Waals surface area contributed by atoms with Gasteiger partial charge < -0.3 is 14.8 Å². The number of carbonyl (C=O) groups is 3. The van der Waals surface area contributed by atoms with E-state index in [9.17, 15) is 14.4 Å². The van der Waals surface area contributed by atoms with E-state index in [1.54, 1.807) is 37.3 Å². The lowest BCUT2D eigenvalue weighted by Crippen LogP contribution is -2.48. The molecule has 1 atom stereocenters. The van der Waals surface area contributed by atoms with Crippen molar-refractivity contribution in [2.75, 3.05) is 6.61 Å². The molecule has 2 rings (SSSR count). The highest BCUT2D eigenvalue weighted by molar-refractivity contribution is 6.05. The zero-order chi connectivity index (χ0) is 18.8. The van der Waals surface area contributed by atoms with Gasteiger partial charge in [-0.3, -0.25) is 4.79 Å². The molecule has 6 heteroatoms. The average molecular weight is 355 g/mol. The molecule has 2 aromatic rings. The molecule has 0 aliphatic heterocycles. The number of ether oxygens (including phenoxy) is 2. The van der Waals surface area contributed by atoms with E-state index in [-0.39, 0.29) is 13.0 Å². The second-order valence-corrected chi connectivity index (χ2v) is 5.48. The summed E-state index contributed by atoms with van der Waals surface area (Å²) in [5.41, 5.74) is 0.968. The predicted molar refractivity (Wildman–Crippen MR) is 95.8 cm³/mol. The molecule has 136 valence electrons. The van der Waals surface area contributed by atoms with Crippen LogP contribution in [0.4, 0.5) is 4.79 Å². The fourth-order valence-corrected chi connectivity index (χ4v) is 2.30. The van der Waals surface area contributed by atoms with Crippen molar-refractivity contribution in [2.24, 2.45) is 0 Å². The molecule has 0 heterocycles. The Morgan fingerprint density at radius 3 is 2.19 bits per heavy atom. The molecule has 0 fully saturated rings. The molecule has 1 N–H and O–H groups in total. The molecule has 0 radical (unpaired) electrons. The third-order valence-corrected chi connectivity index (χ3v) is 3.56. The first-order chi connectivity index (χ1) is 12.6. The predicted octanol–water partition coefficient (Wildman–Crippen LogP) is 2.91. The van der Waals surface area contributed by atoms with E-state index in [0.717, 1.165) is 5.56 Å². The lowest BCUT2D eigenvalue weighted by molar-refractivity contribution is -0.148. The first-order valence-electron chi connectivity index (χ1n) is 8.37. The first kappa shape index (κ1) is 19.2. The SMILES string of the molecule is CCOC(=O)C(NC(=O)Oc1ccccc1)C(=O)CCc1ccccc1. The fraction of sp³-hybridized carbons (Fsp3) is 0.250.